The molecule has 0 radical (unpaired) electrons. The van der Waals surface area contributed by atoms with Crippen molar-refractivity contribution in [2.45, 2.75) is 32.2 Å². The Balaban J connectivity index is 1.71. The maximum absolute atomic E-state index is 10.9. The molecule has 0 saturated carbocycles. The lowest BCUT2D eigenvalue weighted by molar-refractivity contribution is -0.138. The van der Waals surface area contributed by atoms with E-state index in [9.17, 15) is 4.79 Å². The average Bonchev–Trinajstić information content (AvgIpc) is 2.96. The van der Waals surface area contributed by atoms with E-state index in [-0.39, 0.29) is 0 Å². The van der Waals surface area contributed by atoms with Gasteiger partial charge in [0.15, 0.2) is 0 Å². The van der Waals surface area contributed by atoms with Gasteiger partial charge >= 0.3 is 5.97 Å². The molecule has 1 aliphatic rings. The molecule has 1 aromatic carbocycles. The van der Waals surface area contributed by atoms with E-state index in [4.69, 9.17) is 9.84 Å². The number of carbonyl (C=O) groups is 1. The Labute approximate surface area is 120 Å². The number of hydrogen-bond acceptors (Lipinski definition) is 3. The van der Waals surface area contributed by atoms with Gasteiger partial charge in [-0.2, -0.15) is 0 Å². The third-order valence-electron chi connectivity index (χ3n) is 3.93. The number of aliphatic carboxylic acids is 1. The molecule has 4 heteroatoms. The second-order valence-corrected chi connectivity index (χ2v) is 5.50. The van der Waals surface area contributed by atoms with Gasteiger partial charge < -0.3 is 15.2 Å². The number of carboxylic acids is 1. The summed E-state index contributed by atoms with van der Waals surface area (Å²) in [5.74, 6) is -0.518. The van der Waals surface area contributed by atoms with Crippen LogP contribution >= 0.6 is 0 Å². The molecule has 20 heavy (non-hydrogen) atoms. The van der Waals surface area contributed by atoms with Crippen molar-refractivity contribution in [1.82, 2.24) is 5.32 Å². The average molecular weight is 277 g/mol. The number of rotatable bonds is 7. The van der Waals surface area contributed by atoms with Crippen LogP contribution in [0.5, 0.6) is 0 Å². The van der Waals surface area contributed by atoms with Crippen molar-refractivity contribution in [3.05, 3.63) is 35.4 Å². The van der Waals surface area contributed by atoms with Crippen LogP contribution in [-0.4, -0.2) is 30.8 Å². The minimum absolute atomic E-state index is 0.445. The monoisotopic (exact) mass is 277 g/mol. The van der Waals surface area contributed by atoms with Crippen LogP contribution in [0.4, 0.5) is 0 Å². The van der Waals surface area contributed by atoms with E-state index in [0.29, 0.717) is 5.92 Å². The highest BCUT2D eigenvalue weighted by molar-refractivity contribution is 5.75. The van der Waals surface area contributed by atoms with Crippen molar-refractivity contribution in [1.29, 1.82) is 0 Å². The highest BCUT2D eigenvalue weighted by Gasteiger charge is 2.15. The largest absolute Gasteiger partial charge is 0.481 e. The standard InChI is InChI=1S/C16H23NO3/c1-12(16(18)19)15-4-2-13(3-5-15)10-17-8-6-14-7-9-20-11-14/h2-5,12,14,17H,6-11H2,1H3,(H,18,19). The molecule has 0 aliphatic carbocycles. The normalized spacial score (nSPS) is 19.9. The maximum atomic E-state index is 10.9. The molecular weight excluding hydrogens is 254 g/mol. The predicted octanol–water partition coefficient (Wildman–Crippen LogP) is 2.39. The Morgan fingerprint density at radius 2 is 2.20 bits per heavy atom. The van der Waals surface area contributed by atoms with E-state index in [1.54, 1.807) is 6.92 Å². The summed E-state index contributed by atoms with van der Waals surface area (Å²) < 4.78 is 5.35. The SMILES string of the molecule is CC(C(=O)O)c1ccc(CNCCC2CCOC2)cc1. The van der Waals surface area contributed by atoms with Crippen LogP contribution in [0.25, 0.3) is 0 Å². The first kappa shape index (κ1) is 15.0. The molecule has 1 aromatic rings. The molecule has 0 amide bonds. The first-order valence-corrected chi connectivity index (χ1v) is 7.27. The Bertz CT molecular complexity index is 424. The van der Waals surface area contributed by atoms with E-state index < -0.39 is 11.9 Å². The van der Waals surface area contributed by atoms with Crippen molar-refractivity contribution >= 4 is 5.97 Å². The van der Waals surface area contributed by atoms with E-state index in [2.05, 4.69) is 5.32 Å². The third-order valence-corrected chi connectivity index (χ3v) is 3.93. The smallest absolute Gasteiger partial charge is 0.310 e. The van der Waals surface area contributed by atoms with Gasteiger partial charge in [-0.1, -0.05) is 24.3 Å². The summed E-state index contributed by atoms with van der Waals surface area (Å²) in [5, 5.41) is 12.4. The molecule has 110 valence electrons. The van der Waals surface area contributed by atoms with Crippen LogP contribution in [0.2, 0.25) is 0 Å². The Morgan fingerprint density at radius 1 is 1.45 bits per heavy atom. The molecule has 1 fully saturated rings. The van der Waals surface area contributed by atoms with Crippen LogP contribution in [0.1, 0.15) is 36.8 Å². The quantitative estimate of drug-likeness (QED) is 0.751. The van der Waals surface area contributed by atoms with E-state index in [1.165, 1.54) is 12.0 Å². The van der Waals surface area contributed by atoms with Crippen molar-refractivity contribution in [3.63, 3.8) is 0 Å². The first-order chi connectivity index (χ1) is 9.66. The van der Waals surface area contributed by atoms with Gasteiger partial charge in [0.2, 0.25) is 0 Å². The molecule has 2 rings (SSSR count). The molecule has 1 heterocycles. The highest BCUT2D eigenvalue weighted by Crippen LogP contribution is 2.17. The molecule has 4 nitrogen and oxygen atoms in total. The van der Waals surface area contributed by atoms with Gasteiger partial charge in [-0.05, 0) is 43.4 Å². The first-order valence-electron chi connectivity index (χ1n) is 7.27. The molecule has 2 atom stereocenters. The van der Waals surface area contributed by atoms with Gasteiger partial charge in [0.05, 0.1) is 5.92 Å². The van der Waals surface area contributed by atoms with Crippen molar-refractivity contribution in [2.75, 3.05) is 19.8 Å². The van der Waals surface area contributed by atoms with Crippen LogP contribution in [-0.2, 0) is 16.1 Å². The van der Waals surface area contributed by atoms with Gasteiger partial charge in [-0.25, -0.2) is 0 Å². The summed E-state index contributed by atoms with van der Waals surface area (Å²) in [6.07, 6.45) is 2.34. The lowest BCUT2D eigenvalue weighted by Gasteiger charge is -2.10. The number of hydrogen-bond donors (Lipinski definition) is 2. The minimum Gasteiger partial charge on any atom is -0.481 e. The lowest BCUT2D eigenvalue weighted by atomic mass is 10.00. The zero-order valence-corrected chi connectivity index (χ0v) is 12.0. The number of nitrogens with one attached hydrogen (secondary N) is 1. The molecule has 0 aromatic heterocycles. The fraction of sp³-hybridized carbons (Fsp3) is 0.562. The topological polar surface area (TPSA) is 58.6 Å². The van der Waals surface area contributed by atoms with Gasteiger partial charge in [0, 0.05) is 19.8 Å². The lowest BCUT2D eigenvalue weighted by Crippen LogP contribution is -2.18. The zero-order valence-electron chi connectivity index (χ0n) is 12.0. The number of benzene rings is 1. The summed E-state index contributed by atoms with van der Waals surface area (Å²) in [6.45, 7) is 5.35. The predicted molar refractivity (Wildman–Crippen MR) is 77.7 cm³/mol. The summed E-state index contributed by atoms with van der Waals surface area (Å²) >= 11 is 0. The van der Waals surface area contributed by atoms with Gasteiger partial charge in [0.1, 0.15) is 0 Å². The third kappa shape index (κ3) is 4.32. The van der Waals surface area contributed by atoms with Crippen molar-refractivity contribution in [2.24, 2.45) is 5.92 Å². The molecule has 1 saturated heterocycles. The van der Waals surface area contributed by atoms with Crippen molar-refractivity contribution < 1.29 is 14.6 Å². The Kier molecular flexibility index (Phi) is 5.56. The van der Waals surface area contributed by atoms with E-state index in [1.807, 2.05) is 24.3 Å². The van der Waals surface area contributed by atoms with E-state index in [0.717, 1.165) is 38.3 Å². The summed E-state index contributed by atoms with van der Waals surface area (Å²) in [6, 6.07) is 7.81. The molecule has 1 aliphatic heterocycles. The van der Waals surface area contributed by atoms with Crippen LogP contribution in [0, 0.1) is 5.92 Å². The fourth-order valence-corrected chi connectivity index (χ4v) is 2.42. The second-order valence-electron chi connectivity index (χ2n) is 5.50. The zero-order chi connectivity index (χ0) is 14.4. The number of carboxylic acid groups (broad SMARTS) is 1. The van der Waals surface area contributed by atoms with Crippen LogP contribution < -0.4 is 5.32 Å². The minimum atomic E-state index is -0.783. The molecule has 2 N–H and O–H groups in total. The van der Waals surface area contributed by atoms with Crippen molar-refractivity contribution in [3.8, 4) is 0 Å². The summed E-state index contributed by atoms with van der Waals surface area (Å²) in [7, 11) is 0. The molecule has 0 bridgehead atoms. The fourth-order valence-electron chi connectivity index (χ4n) is 2.42. The maximum Gasteiger partial charge on any atom is 0.310 e. The van der Waals surface area contributed by atoms with Crippen LogP contribution in [0.15, 0.2) is 24.3 Å². The molecular formula is C16H23NO3. The molecule has 2 unspecified atom stereocenters. The Morgan fingerprint density at radius 3 is 2.80 bits per heavy atom. The summed E-state index contributed by atoms with van der Waals surface area (Å²) in [4.78, 5) is 10.9. The van der Waals surface area contributed by atoms with E-state index >= 15 is 0 Å². The van der Waals surface area contributed by atoms with Gasteiger partial charge in [0.25, 0.3) is 0 Å². The van der Waals surface area contributed by atoms with Crippen LogP contribution in [0.3, 0.4) is 0 Å². The highest BCUT2D eigenvalue weighted by atomic mass is 16.5. The molecule has 0 spiro atoms. The summed E-state index contributed by atoms with van der Waals surface area (Å²) in [5.41, 5.74) is 2.04. The van der Waals surface area contributed by atoms with Gasteiger partial charge in [-0.3, -0.25) is 4.79 Å². The number of ether oxygens (including phenoxy) is 1. The van der Waals surface area contributed by atoms with Gasteiger partial charge in [-0.15, -0.1) is 0 Å². The second kappa shape index (κ2) is 7.41. The Hall–Kier alpha value is -1.39.